The molecule has 0 fully saturated rings. The lowest BCUT2D eigenvalue weighted by molar-refractivity contribution is -0.124. The van der Waals surface area contributed by atoms with Crippen LogP contribution < -0.4 is 15.5 Å². The molecule has 0 unspecified atom stereocenters. The second-order valence-corrected chi connectivity index (χ2v) is 7.47. The van der Waals surface area contributed by atoms with Gasteiger partial charge in [-0.05, 0) is 68.7 Å². The average molecular weight is 487 g/mol. The van der Waals surface area contributed by atoms with Crippen LogP contribution in [0.5, 0.6) is 11.5 Å². The predicted molar refractivity (Wildman–Crippen MR) is 128 cm³/mol. The number of ketones is 1. The van der Waals surface area contributed by atoms with E-state index in [1.54, 1.807) is 49.4 Å². The summed E-state index contributed by atoms with van der Waals surface area (Å²) in [5.41, 5.74) is 2.92. The minimum absolute atomic E-state index is 0.0939. The second-order valence-electron chi connectivity index (χ2n) is 7.47. The summed E-state index contributed by atoms with van der Waals surface area (Å²) >= 11 is 0. The van der Waals surface area contributed by atoms with E-state index in [1.165, 1.54) is 31.7 Å². The molecule has 0 aliphatic rings. The van der Waals surface area contributed by atoms with Gasteiger partial charge < -0.3 is 19.3 Å². The van der Waals surface area contributed by atoms with E-state index in [0.717, 1.165) is 0 Å². The number of hydrogen-bond donors (Lipinski definition) is 4. The van der Waals surface area contributed by atoms with Crippen molar-refractivity contribution in [2.24, 2.45) is 0 Å². The number of phenols is 1. The van der Waals surface area contributed by atoms with E-state index >= 15 is 0 Å². The molecule has 10 nitrogen and oxygen atoms in total. The molecule has 0 radical (unpaired) electrons. The van der Waals surface area contributed by atoms with Crippen LogP contribution in [0.15, 0.2) is 54.6 Å². The van der Waals surface area contributed by atoms with E-state index in [4.69, 9.17) is 19.4 Å². The monoisotopic (exact) mass is 486 g/mol. The molecule has 0 aliphatic heterocycles. The van der Waals surface area contributed by atoms with Crippen molar-refractivity contribution in [1.29, 1.82) is 0 Å². The number of methoxy groups -OCH3 is 1. The van der Waals surface area contributed by atoms with Crippen molar-refractivity contribution in [2.45, 2.75) is 38.9 Å². The van der Waals surface area contributed by atoms with Crippen LogP contribution in [0.3, 0.4) is 0 Å². The Kier molecular flexibility index (Phi) is 10.7. The fourth-order valence-corrected chi connectivity index (χ4v) is 3.32. The summed E-state index contributed by atoms with van der Waals surface area (Å²) in [6, 6.07) is 11.0. The van der Waals surface area contributed by atoms with Gasteiger partial charge in [-0.3, -0.25) is 20.1 Å². The van der Waals surface area contributed by atoms with Crippen LogP contribution in [0.4, 0.5) is 10.5 Å². The fourth-order valence-electron chi connectivity index (χ4n) is 3.32. The van der Waals surface area contributed by atoms with E-state index in [1.807, 2.05) is 0 Å². The number of carbonyl (C=O) groups is 3. The largest absolute Gasteiger partial charge is 0.504 e. The molecule has 2 rings (SSSR count). The van der Waals surface area contributed by atoms with Crippen LogP contribution >= 0.6 is 0 Å². The highest BCUT2D eigenvalue weighted by atomic mass is 16.6. The SMILES string of the molecule is CCO[C@@H](CC/C=C/C(=O)NO)[C@@H](OC(=O)Nc1ccc(C(C)=O)cc1)c1ccc(OC)c(O)c1. The molecule has 10 heteroatoms. The lowest BCUT2D eigenvalue weighted by Crippen LogP contribution is -2.29. The number of allylic oxidation sites excluding steroid dienone is 1. The summed E-state index contributed by atoms with van der Waals surface area (Å²) in [6.45, 7) is 3.56. The summed E-state index contributed by atoms with van der Waals surface area (Å²) in [4.78, 5) is 35.4. The lowest BCUT2D eigenvalue weighted by atomic mass is 9.99. The van der Waals surface area contributed by atoms with Gasteiger partial charge in [-0.2, -0.15) is 0 Å². The van der Waals surface area contributed by atoms with E-state index in [0.29, 0.717) is 36.3 Å². The fraction of sp³-hybridized carbons (Fsp3) is 0.320. The summed E-state index contributed by atoms with van der Waals surface area (Å²) in [5, 5.41) is 21.5. The van der Waals surface area contributed by atoms with Gasteiger partial charge in [0, 0.05) is 23.9 Å². The Morgan fingerprint density at radius 3 is 2.40 bits per heavy atom. The molecule has 0 aliphatic carbocycles. The van der Waals surface area contributed by atoms with Gasteiger partial charge in [0.15, 0.2) is 23.4 Å². The third-order valence-corrected chi connectivity index (χ3v) is 5.02. The number of benzene rings is 2. The van der Waals surface area contributed by atoms with Gasteiger partial charge in [0.25, 0.3) is 5.91 Å². The highest BCUT2D eigenvalue weighted by Gasteiger charge is 2.28. The number of ether oxygens (including phenoxy) is 3. The topological polar surface area (TPSA) is 143 Å². The molecule has 0 saturated carbocycles. The zero-order valence-electron chi connectivity index (χ0n) is 19.8. The molecule has 188 valence electrons. The quantitative estimate of drug-likeness (QED) is 0.152. The van der Waals surface area contributed by atoms with Crippen molar-refractivity contribution in [3.63, 3.8) is 0 Å². The molecule has 4 N–H and O–H groups in total. The molecule has 0 saturated heterocycles. The number of amides is 2. The number of anilines is 1. The van der Waals surface area contributed by atoms with Gasteiger partial charge in [-0.15, -0.1) is 0 Å². The Bertz CT molecular complexity index is 1040. The predicted octanol–water partition coefficient (Wildman–Crippen LogP) is 4.14. The molecular weight excluding hydrogens is 456 g/mol. The number of nitrogens with one attached hydrogen (secondary N) is 2. The number of carbonyl (C=O) groups excluding carboxylic acids is 3. The van der Waals surface area contributed by atoms with Gasteiger partial charge in [0.05, 0.1) is 13.2 Å². The Morgan fingerprint density at radius 2 is 1.83 bits per heavy atom. The standard InChI is InChI=1S/C25H30N2O8/c1-4-34-22(7-5-6-8-23(30)27-32)24(18-11-14-21(33-3)20(29)15-18)35-25(31)26-19-12-9-17(10-13-19)16(2)28/h6,8-15,22,24,29,32H,4-5,7H2,1-3H3,(H,26,31)(H,27,30)/b8-6+/t22-,24-/m0/s1. The molecule has 2 aromatic rings. The molecule has 35 heavy (non-hydrogen) atoms. The zero-order chi connectivity index (χ0) is 25.8. The Labute approximate surface area is 203 Å². The van der Waals surface area contributed by atoms with Crippen molar-refractivity contribution >= 4 is 23.5 Å². The molecule has 0 spiro atoms. The Hall–Kier alpha value is -3.89. The van der Waals surface area contributed by atoms with Crippen LogP contribution in [0.2, 0.25) is 0 Å². The first kappa shape index (κ1) is 27.4. The highest BCUT2D eigenvalue weighted by Crippen LogP contribution is 2.34. The lowest BCUT2D eigenvalue weighted by Gasteiger charge is -2.27. The van der Waals surface area contributed by atoms with E-state index in [9.17, 15) is 19.5 Å². The molecular formula is C25H30N2O8. The van der Waals surface area contributed by atoms with Gasteiger partial charge in [-0.25, -0.2) is 10.3 Å². The van der Waals surface area contributed by atoms with Crippen LogP contribution in [-0.4, -0.2) is 47.9 Å². The second kappa shape index (κ2) is 13.7. The summed E-state index contributed by atoms with van der Waals surface area (Å²) in [6.07, 6.45) is 1.17. The van der Waals surface area contributed by atoms with Gasteiger partial charge in [0.1, 0.15) is 0 Å². The Morgan fingerprint density at radius 1 is 1.11 bits per heavy atom. The van der Waals surface area contributed by atoms with Gasteiger partial charge in [-0.1, -0.05) is 12.1 Å². The van der Waals surface area contributed by atoms with Crippen molar-refractivity contribution in [3.05, 3.63) is 65.7 Å². The third kappa shape index (κ3) is 8.43. The third-order valence-electron chi connectivity index (χ3n) is 5.02. The van der Waals surface area contributed by atoms with Gasteiger partial charge >= 0.3 is 6.09 Å². The molecule has 2 atom stereocenters. The number of Topliss-reactive ketones (excluding diaryl/α,β-unsaturated/α-hetero) is 1. The number of hydroxylamine groups is 1. The highest BCUT2D eigenvalue weighted by molar-refractivity contribution is 5.95. The maximum Gasteiger partial charge on any atom is 0.412 e. The Balaban J connectivity index is 2.26. The van der Waals surface area contributed by atoms with Crippen molar-refractivity contribution in [2.75, 3.05) is 19.0 Å². The van der Waals surface area contributed by atoms with Crippen LogP contribution in [-0.2, 0) is 14.3 Å². The van der Waals surface area contributed by atoms with Gasteiger partial charge in [0.2, 0.25) is 0 Å². The van der Waals surface area contributed by atoms with Crippen molar-refractivity contribution in [3.8, 4) is 11.5 Å². The van der Waals surface area contributed by atoms with Crippen LogP contribution in [0.25, 0.3) is 0 Å². The van der Waals surface area contributed by atoms with E-state index in [2.05, 4.69) is 5.32 Å². The molecule has 2 aromatic carbocycles. The first-order valence-electron chi connectivity index (χ1n) is 11.0. The normalized spacial score (nSPS) is 12.6. The zero-order valence-corrected chi connectivity index (χ0v) is 19.8. The molecule has 0 aromatic heterocycles. The molecule has 0 bridgehead atoms. The minimum atomic E-state index is -0.914. The van der Waals surface area contributed by atoms with E-state index in [-0.39, 0.29) is 17.3 Å². The molecule has 2 amide bonds. The number of rotatable bonds is 12. The number of phenolic OH excluding ortho intramolecular Hbond substituents is 1. The summed E-state index contributed by atoms with van der Waals surface area (Å²) in [7, 11) is 1.42. The summed E-state index contributed by atoms with van der Waals surface area (Å²) < 4.78 is 16.7. The first-order valence-corrected chi connectivity index (χ1v) is 11.0. The summed E-state index contributed by atoms with van der Waals surface area (Å²) in [5.74, 6) is -0.633. The average Bonchev–Trinajstić information content (AvgIpc) is 2.84. The smallest absolute Gasteiger partial charge is 0.412 e. The number of aromatic hydroxyl groups is 1. The maximum atomic E-state index is 12.8. The van der Waals surface area contributed by atoms with E-state index < -0.39 is 24.2 Å². The van der Waals surface area contributed by atoms with Crippen LogP contribution in [0.1, 0.15) is 48.7 Å². The van der Waals surface area contributed by atoms with Crippen LogP contribution in [0, 0.1) is 0 Å². The molecule has 0 heterocycles. The number of hydrogen-bond acceptors (Lipinski definition) is 8. The minimum Gasteiger partial charge on any atom is -0.504 e. The first-order chi connectivity index (χ1) is 16.8. The maximum absolute atomic E-state index is 12.8. The van der Waals surface area contributed by atoms with Crippen molar-refractivity contribution < 1.29 is 38.9 Å². The van der Waals surface area contributed by atoms with Crippen molar-refractivity contribution in [1.82, 2.24) is 5.48 Å².